The Bertz CT molecular complexity index is 1030. The summed E-state index contributed by atoms with van der Waals surface area (Å²) in [6.45, 7) is 3.10. The Labute approximate surface area is 176 Å². The molecule has 2 aromatic heterocycles. The van der Waals surface area contributed by atoms with Crippen molar-refractivity contribution in [3.05, 3.63) is 41.7 Å². The molecule has 1 aliphatic heterocycles. The number of hydrogen-bond donors (Lipinski definition) is 1. The summed E-state index contributed by atoms with van der Waals surface area (Å²) in [7, 11) is 0. The van der Waals surface area contributed by atoms with E-state index in [9.17, 15) is 4.79 Å². The van der Waals surface area contributed by atoms with Crippen LogP contribution in [-0.4, -0.2) is 52.9 Å². The molecule has 1 atom stereocenters. The van der Waals surface area contributed by atoms with Gasteiger partial charge in [-0.2, -0.15) is 4.98 Å². The lowest BCUT2D eigenvalue weighted by Gasteiger charge is -2.25. The molecule has 1 fully saturated rings. The monoisotopic (exact) mass is 427 g/mol. The molecule has 0 spiro atoms. The van der Waals surface area contributed by atoms with Gasteiger partial charge in [-0.15, -0.1) is 0 Å². The fourth-order valence-electron chi connectivity index (χ4n) is 3.79. The first-order chi connectivity index (χ1) is 14.3. The number of aromatic nitrogens is 3. The van der Waals surface area contributed by atoms with Crippen molar-refractivity contribution in [2.75, 3.05) is 37.0 Å². The van der Waals surface area contributed by atoms with Gasteiger partial charge in [-0.05, 0) is 24.0 Å². The molecule has 1 aromatic carbocycles. The maximum Gasteiger partial charge on any atom is 0.230 e. The van der Waals surface area contributed by atoms with Crippen LogP contribution >= 0.6 is 23.1 Å². The van der Waals surface area contributed by atoms with E-state index in [0.717, 1.165) is 40.8 Å². The first-order valence-electron chi connectivity index (χ1n) is 9.72. The van der Waals surface area contributed by atoms with Gasteiger partial charge in [0, 0.05) is 13.1 Å². The van der Waals surface area contributed by atoms with E-state index in [-0.39, 0.29) is 11.9 Å². The van der Waals surface area contributed by atoms with Gasteiger partial charge in [0.05, 0.1) is 25.0 Å². The number of fused-ring (bicyclic) bond motifs is 2. The number of nitrogens with one attached hydrogen (secondary N) is 1. The van der Waals surface area contributed by atoms with Crippen LogP contribution in [0.2, 0.25) is 0 Å². The van der Waals surface area contributed by atoms with Gasteiger partial charge in [0.2, 0.25) is 5.91 Å². The van der Waals surface area contributed by atoms with E-state index in [1.807, 2.05) is 6.07 Å². The number of nitrogens with zero attached hydrogens (tertiary/aromatic N) is 4. The molecule has 2 aliphatic rings. The second-order valence-corrected chi connectivity index (χ2v) is 9.02. The maximum absolute atomic E-state index is 12.6. The topological polar surface area (TPSA) is 80.2 Å². The van der Waals surface area contributed by atoms with E-state index in [1.54, 1.807) is 11.3 Å². The zero-order chi connectivity index (χ0) is 19.6. The number of morpholine rings is 1. The molecule has 5 rings (SSSR count). The average molecular weight is 428 g/mol. The summed E-state index contributed by atoms with van der Waals surface area (Å²) in [6, 6.07) is 8.45. The Morgan fingerprint density at radius 3 is 3.03 bits per heavy atom. The molecular formula is C20H21N5O2S2. The highest BCUT2D eigenvalue weighted by atomic mass is 32.2. The highest BCUT2D eigenvalue weighted by Crippen LogP contribution is 2.34. The minimum absolute atomic E-state index is 0.0291. The standard InChI is InChI=1S/C20H21N5O2S2/c26-16(23-15-6-5-13-3-1-2-4-14(13)15)11-28-19-17-18(21-12-22-19)24-20(29-17)25-7-9-27-10-8-25/h1-4,12,15H,5-11H2,(H,23,26). The number of thioether (sulfide) groups is 1. The maximum atomic E-state index is 12.6. The number of benzene rings is 1. The van der Waals surface area contributed by atoms with E-state index in [2.05, 4.69) is 43.4 Å². The Balaban J connectivity index is 1.26. The van der Waals surface area contributed by atoms with Crippen LogP contribution in [0.5, 0.6) is 0 Å². The molecule has 9 heteroatoms. The van der Waals surface area contributed by atoms with E-state index in [0.29, 0.717) is 24.6 Å². The fraction of sp³-hybridized carbons (Fsp3) is 0.400. The number of aryl methyl sites for hydroxylation is 1. The minimum Gasteiger partial charge on any atom is -0.378 e. The molecule has 0 saturated carbocycles. The van der Waals surface area contributed by atoms with E-state index >= 15 is 0 Å². The van der Waals surface area contributed by atoms with Crippen LogP contribution < -0.4 is 10.2 Å². The van der Waals surface area contributed by atoms with E-state index < -0.39 is 0 Å². The normalized spacial score (nSPS) is 18.8. The zero-order valence-electron chi connectivity index (χ0n) is 15.8. The smallest absolute Gasteiger partial charge is 0.230 e. The number of amides is 1. The molecule has 3 aromatic rings. The van der Waals surface area contributed by atoms with Crippen LogP contribution in [0, 0.1) is 0 Å². The molecule has 29 heavy (non-hydrogen) atoms. The first-order valence-corrected chi connectivity index (χ1v) is 11.5. The van der Waals surface area contributed by atoms with Crippen LogP contribution in [0.4, 0.5) is 5.13 Å². The van der Waals surface area contributed by atoms with Crippen LogP contribution in [0.25, 0.3) is 10.3 Å². The van der Waals surface area contributed by atoms with Crippen molar-refractivity contribution in [1.29, 1.82) is 0 Å². The highest BCUT2D eigenvalue weighted by Gasteiger charge is 2.24. The number of thiazole rings is 1. The van der Waals surface area contributed by atoms with Crippen molar-refractivity contribution >= 4 is 44.5 Å². The van der Waals surface area contributed by atoms with Gasteiger partial charge in [-0.1, -0.05) is 47.4 Å². The Morgan fingerprint density at radius 2 is 2.14 bits per heavy atom. The summed E-state index contributed by atoms with van der Waals surface area (Å²) in [5.41, 5.74) is 3.27. The van der Waals surface area contributed by atoms with Crippen molar-refractivity contribution in [1.82, 2.24) is 20.3 Å². The largest absolute Gasteiger partial charge is 0.378 e. The van der Waals surface area contributed by atoms with Crippen LogP contribution in [0.15, 0.2) is 35.6 Å². The van der Waals surface area contributed by atoms with Gasteiger partial charge in [0.1, 0.15) is 16.1 Å². The van der Waals surface area contributed by atoms with Crippen molar-refractivity contribution in [2.45, 2.75) is 23.9 Å². The van der Waals surface area contributed by atoms with Crippen molar-refractivity contribution in [2.24, 2.45) is 0 Å². The summed E-state index contributed by atoms with van der Waals surface area (Å²) < 4.78 is 6.36. The molecule has 0 radical (unpaired) electrons. The molecule has 1 amide bonds. The molecule has 1 saturated heterocycles. The summed E-state index contributed by atoms with van der Waals surface area (Å²) in [4.78, 5) is 28.1. The van der Waals surface area contributed by atoms with Gasteiger partial charge in [0.25, 0.3) is 0 Å². The minimum atomic E-state index is 0.0291. The molecule has 1 aliphatic carbocycles. The second kappa shape index (κ2) is 8.25. The molecule has 3 heterocycles. The van der Waals surface area contributed by atoms with Crippen LogP contribution in [0.1, 0.15) is 23.6 Å². The van der Waals surface area contributed by atoms with Gasteiger partial charge in [-0.25, -0.2) is 9.97 Å². The van der Waals surface area contributed by atoms with Gasteiger partial charge >= 0.3 is 0 Å². The summed E-state index contributed by atoms with van der Waals surface area (Å²) in [6.07, 6.45) is 3.51. The number of hydrogen-bond acceptors (Lipinski definition) is 8. The van der Waals surface area contributed by atoms with Crippen molar-refractivity contribution in [3.8, 4) is 0 Å². The van der Waals surface area contributed by atoms with Gasteiger partial charge in [-0.3, -0.25) is 4.79 Å². The lowest BCUT2D eigenvalue weighted by atomic mass is 10.1. The second-order valence-electron chi connectivity index (χ2n) is 7.07. The van der Waals surface area contributed by atoms with Crippen molar-refractivity contribution < 1.29 is 9.53 Å². The molecular weight excluding hydrogens is 406 g/mol. The number of rotatable bonds is 5. The third kappa shape index (κ3) is 3.94. The highest BCUT2D eigenvalue weighted by molar-refractivity contribution is 8.00. The fourth-order valence-corrected chi connectivity index (χ4v) is 5.75. The number of ether oxygens (including phenoxy) is 1. The summed E-state index contributed by atoms with van der Waals surface area (Å²) >= 11 is 3.03. The Hall–Kier alpha value is -2.23. The average Bonchev–Trinajstić information content (AvgIpc) is 3.38. The quantitative estimate of drug-likeness (QED) is 0.495. The SMILES string of the molecule is O=C(CSc1ncnc2nc(N3CCOCC3)sc12)NC1CCc2ccccc21. The molecule has 1 unspecified atom stereocenters. The Kier molecular flexibility index (Phi) is 5.34. The number of anilines is 1. The molecule has 7 nitrogen and oxygen atoms in total. The number of carbonyl (C=O) groups excluding carboxylic acids is 1. The molecule has 1 N–H and O–H groups in total. The van der Waals surface area contributed by atoms with E-state index in [1.165, 1.54) is 29.2 Å². The molecule has 150 valence electrons. The third-order valence-electron chi connectivity index (χ3n) is 5.24. The van der Waals surface area contributed by atoms with Crippen molar-refractivity contribution in [3.63, 3.8) is 0 Å². The third-order valence-corrected chi connectivity index (χ3v) is 7.47. The predicted molar refractivity (Wildman–Crippen MR) is 115 cm³/mol. The number of carbonyl (C=O) groups is 1. The summed E-state index contributed by atoms with van der Waals surface area (Å²) in [5.74, 6) is 0.358. The van der Waals surface area contributed by atoms with Crippen LogP contribution in [-0.2, 0) is 16.0 Å². The van der Waals surface area contributed by atoms with Crippen LogP contribution in [0.3, 0.4) is 0 Å². The lowest BCUT2D eigenvalue weighted by Crippen LogP contribution is -2.36. The lowest BCUT2D eigenvalue weighted by molar-refractivity contribution is -0.119. The molecule has 0 bridgehead atoms. The predicted octanol–water partition coefficient (Wildman–Crippen LogP) is 2.82. The van der Waals surface area contributed by atoms with E-state index in [4.69, 9.17) is 4.74 Å². The van der Waals surface area contributed by atoms with Gasteiger partial charge < -0.3 is 15.0 Å². The summed E-state index contributed by atoms with van der Waals surface area (Å²) in [5, 5.41) is 4.93. The zero-order valence-corrected chi connectivity index (χ0v) is 17.5. The first kappa shape index (κ1) is 18.8. The van der Waals surface area contributed by atoms with Gasteiger partial charge in [0.15, 0.2) is 10.8 Å². The Morgan fingerprint density at radius 1 is 1.28 bits per heavy atom.